The van der Waals surface area contributed by atoms with E-state index in [1.165, 1.54) is 12.1 Å². The molecule has 6 nitrogen and oxygen atoms in total. The van der Waals surface area contributed by atoms with E-state index in [1.54, 1.807) is 12.1 Å². The molecule has 0 radical (unpaired) electrons. The highest BCUT2D eigenvalue weighted by molar-refractivity contribution is 7.92. The number of phenolic OH excluding ortho intramolecular Hbond substituents is 1. The van der Waals surface area contributed by atoms with Gasteiger partial charge in [0.2, 0.25) is 10.0 Å². The third-order valence-electron chi connectivity index (χ3n) is 3.35. The zero-order chi connectivity index (χ0) is 14.8. The molecule has 0 amide bonds. The molecule has 8 heteroatoms. The normalized spacial score (nSPS) is 19.8. The lowest BCUT2D eigenvalue weighted by Gasteiger charge is -2.22. The summed E-state index contributed by atoms with van der Waals surface area (Å²) in [7, 11) is -6.59. The number of aromatic hydroxyl groups is 1. The number of rotatable bonds is 4. The highest BCUT2D eigenvalue weighted by atomic mass is 32.2. The standard InChI is InChI=1S/C12H17NO5S2/c14-11-3-1-10(2-4-11)9-13-20(17,18)12-5-7-19(15,16)8-6-12/h1-4,12-14H,5-9H2. The number of sulfone groups is 1. The van der Waals surface area contributed by atoms with Crippen molar-refractivity contribution < 1.29 is 21.9 Å². The van der Waals surface area contributed by atoms with Gasteiger partial charge in [-0.1, -0.05) is 12.1 Å². The first kappa shape index (κ1) is 15.3. The van der Waals surface area contributed by atoms with Gasteiger partial charge < -0.3 is 5.11 Å². The summed E-state index contributed by atoms with van der Waals surface area (Å²) in [6.07, 6.45) is 0.292. The Labute approximate surface area is 118 Å². The zero-order valence-electron chi connectivity index (χ0n) is 10.8. The second-order valence-electron chi connectivity index (χ2n) is 4.88. The molecular formula is C12H17NO5S2. The van der Waals surface area contributed by atoms with E-state index in [0.29, 0.717) is 0 Å². The van der Waals surface area contributed by atoms with Crippen LogP contribution in [0, 0.1) is 0 Å². The molecule has 112 valence electrons. The molecule has 1 aliphatic rings. The van der Waals surface area contributed by atoms with E-state index in [9.17, 15) is 16.8 Å². The van der Waals surface area contributed by atoms with Gasteiger partial charge in [-0.25, -0.2) is 21.6 Å². The maximum absolute atomic E-state index is 12.1. The van der Waals surface area contributed by atoms with Crippen LogP contribution in [-0.2, 0) is 26.4 Å². The average Bonchev–Trinajstić information content (AvgIpc) is 2.38. The molecule has 1 heterocycles. The van der Waals surface area contributed by atoms with Gasteiger partial charge in [-0.3, -0.25) is 0 Å². The van der Waals surface area contributed by atoms with Crippen molar-refractivity contribution in [2.75, 3.05) is 11.5 Å². The molecule has 1 fully saturated rings. The summed E-state index contributed by atoms with van der Waals surface area (Å²) >= 11 is 0. The lowest BCUT2D eigenvalue weighted by molar-refractivity contribution is 0.475. The van der Waals surface area contributed by atoms with Crippen LogP contribution >= 0.6 is 0 Å². The van der Waals surface area contributed by atoms with Crippen LogP contribution in [0.3, 0.4) is 0 Å². The van der Waals surface area contributed by atoms with Crippen LogP contribution in [-0.4, -0.2) is 38.7 Å². The lowest BCUT2D eigenvalue weighted by Crippen LogP contribution is -2.39. The molecule has 20 heavy (non-hydrogen) atoms. The molecule has 0 saturated carbocycles. The third-order valence-corrected chi connectivity index (χ3v) is 6.97. The monoisotopic (exact) mass is 319 g/mol. The Hall–Kier alpha value is -1.12. The van der Waals surface area contributed by atoms with Gasteiger partial charge in [0.1, 0.15) is 15.6 Å². The number of phenols is 1. The van der Waals surface area contributed by atoms with E-state index in [-0.39, 0.29) is 36.6 Å². The summed E-state index contributed by atoms with van der Waals surface area (Å²) in [4.78, 5) is 0. The third kappa shape index (κ3) is 3.94. The van der Waals surface area contributed by atoms with E-state index >= 15 is 0 Å². The minimum absolute atomic E-state index is 0.0716. The molecular weight excluding hydrogens is 302 g/mol. The van der Waals surface area contributed by atoms with E-state index in [0.717, 1.165) is 5.56 Å². The Balaban J connectivity index is 1.96. The van der Waals surface area contributed by atoms with Crippen LogP contribution in [0.4, 0.5) is 0 Å². The number of nitrogens with one attached hydrogen (secondary N) is 1. The predicted octanol–water partition coefficient (Wildman–Crippen LogP) is 0.389. The van der Waals surface area contributed by atoms with Crippen LogP contribution in [0.15, 0.2) is 24.3 Å². The van der Waals surface area contributed by atoms with Crippen molar-refractivity contribution in [2.24, 2.45) is 0 Å². The van der Waals surface area contributed by atoms with Gasteiger partial charge in [0, 0.05) is 6.54 Å². The Bertz CT molecular complexity index is 650. The first-order valence-electron chi connectivity index (χ1n) is 6.25. The van der Waals surface area contributed by atoms with Gasteiger partial charge in [-0.2, -0.15) is 0 Å². The summed E-state index contributed by atoms with van der Waals surface area (Å²) in [5.74, 6) is -0.0237. The molecule has 0 unspecified atom stereocenters. The minimum atomic E-state index is -3.52. The minimum Gasteiger partial charge on any atom is -0.508 e. The summed E-state index contributed by atoms with van der Waals surface area (Å²) in [6.45, 7) is 0.131. The van der Waals surface area contributed by atoms with Crippen molar-refractivity contribution in [2.45, 2.75) is 24.6 Å². The van der Waals surface area contributed by atoms with Gasteiger partial charge in [0.25, 0.3) is 0 Å². The van der Waals surface area contributed by atoms with Crippen LogP contribution in [0.2, 0.25) is 0 Å². The smallest absolute Gasteiger partial charge is 0.214 e. The molecule has 1 saturated heterocycles. The molecule has 1 aromatic rings. The van der Waals surface area contributed by atoms with E-state index < -0.39 is 25.1 Å². The topological polar surface area (TPSA) is 101 Å². The molecule has 2 rings (SSSR count). The van der Waals surface area contributed by atoms with Crippen molar-refractivity contribution in [1.82, 2.24) is 4.72 Å². The van der Waals surface area contributed by atoms with Crippen molar-refractivity contribution in [3.05, 3.63) is 29.8 Å². The fourth-order valence-electron chi connectivity index (χ4n) is 2.09. The summed E-state index contributed by atoms with van der Waals surface area (Å²) in [6, 6.07) is 6.22. The van der Waals surface area contributed by atoms with Gasteiger partial charge in [-0.05, 0) is 30.5 Å². The molecule has 0 aliphatic carbocycles. The number of hydrogen-bond acceptors (Lipinski definition) is 5. The number of benzene rings is 1. The molecule has 0 spiro atoms. The first-order valence-corrected chi connectivity index (χ1v) is 9.62. The summed E-state index contributed by atoms with van der Waals surface area (Å²) in [5.41, 5.74) is 0.731. The molecule has 0 atom stereocenters. The van der Waals surface area contributed by atoms with Crippen LogP contribution in [0.5, 0.6) is 5.75 Å². The van der Waals surface area contributed by atoms with Crippen LogP contribution in [0.1, 0.15) is 18.4 Å². The molecule has 2 N–H and O–H groups in total. The summed E-state index contributed by atoms with van der Waals surface area (Å²) in [5, 5.41) is 8.49. The van der Waals surface area contributed by atoms with Crippen LogP contribution in [0.25, 0.3) is 0 Å². The van der Waals surface area contributed by atoms with Crippen LogP contribution < -0.4 is 4.72 Å². The largest absolute Gasteiger partial charge is 0.508 e. The SMILES string of the molecule is O=S1(=O)CCC(S(=O)(=O)NCc2ccc(O)cc2)CC1. The van der Waals surface area contributed by atoms with E-state index in [2.05, 4.69) is 4.72 Å². The van der Waals surface area contributed by atoms with E-state index in [1.807, 2.05) is 0 Å². The van der Waals surface area contributed by atoms with Gasteiger partial charge >= 0.3 is 0 Å². The van der Waals surface area contributed by atoms with E-state index in [4.69, 9.17) is 5.11 Å². The fraction of sp³-hybridized carbons (Fsp3) is 0.500. The molecule has 0 bridgehead atoms. The molecule has 0 aromatic heterocycles. The second-order valence-corrected chi connectivity index (χ2v) is 9.23. The van der Waals surface area contributed by atoms with Gasteiger partial charge in [0.15, 0.2) is 0 Å². The highest BCUT2D eigenvalue weighted by Gasteiger charge is 2.32. The quantitative estimate of drug-likeness (QED) is 0.836. The van der Waals surface area contributed by atoms with Crippen molar-refractivity contribution in [3.8, 4) is 5.75 Å². The Morgan fingerprint density at radius 1 is 1.15 bits per heavy atom. The van der Waals surface area contributed by atoms with Crippen molar-refractivity contribution in [1.29, 1.82) is 0 Å². The predicted molar refractivity (Wildman–Crippen MR) is 75.5 cm³/mol. The van der Waals surface area contributed by atoms with Gasteiger partial charge in [-0.15, -0.1) is 0 Å². The number of hydrogen-bond donors (Lipinski definition) is 2. The Kier molecular flexibility index (Phi) is 4.36. The lowest BCUT2D eigenvalue weighted by atomic mass is 10.2. The zero-order valence-corrected chi connectivity index (χ0v) is 12.5. The highest BCUT2D eigenvalue weighted by Crippen LogP contribution is 2.19. The summed E-state index contributed by atoms with van der Waals surface area (Å²) < 4.78 is 49.2. The van der Waals surface area contributed by atoms with Crippen molar-refractivity contribution >= 4 is 19.9 Å². The first-order chi connectivity index (χ1) is 9.28. The second kappa shape index (κ2) is 5.71. The maximum atomic E-state index is 12.1. The Morgan fingerprint density at radius 3 is 2.25 bits per heavy atom. The maximum Gasteiger partial charge on any atom is 0.214 e. The van der Waals surface area contributed by atoms with Gasteiger partial charge in [0.05, 0.1) is 16.8 Å². The fourth-order valence-corrected chi connectivity index (χ4v) is 5.34. The average molecular weight is 319 g/mol. The molecule has 1 aliphatic heterocycles. The molecule has 1 aromatic carbocycles. The number of sulfonamides is 1. The Morgan fingerprint density at radius 2 is 1.70 bits per heavy atom. The van der Waals surface area contributed by atoms with Crippen molar-refractivity contribution in [3.63, 3.8) is 0 Å².